The zero-order valence-electron chi connectivity index (χ0n) is 16.1. The topological polar surface area (TPSA) is 86.0 Å². The summed E-state index contributed by atoms with van der Waals surface area (Å²) in [5.41, 5.74) is 1.05. The lowest BCUT2D eigenvalue weighted by molar-refractivity contribution is 0.176. The predicted molar refractivity (Wildman–Crippen MR) is 110 cm³/mol. The number of aromatic nitrogens is 3. The first-order valence-corrected chi connectivity index (χ1v) is 9.14. The van der Waals surface area contributed by atoms with Crippen LogP contribution in [-0.4, -0.2) is 56.9 Å². The van der Waals surface area contributed by atoms with Crippen LogP contribution in [0.4, 0.5) is 25.1 Å². The zero-order chi connectivity index (χ0) is 20.5. The van der Waals surface area contributed by atoms with Crippen molar-refractivity contribution in [3.63, 3.8) is 0 Å². The zero-order valence-corrected chi connectivity index (χ0v) is 16.9. The minimum absolute atomic E-state index is 0. The number of urea groups is 1. The van der Waals surface area contributed by atoms with Gasteiger partial charge in [-0.1, -0.05) is 0 Å². The van der Waals surface area contributed by atoms with Crippen molar-refractivity contribution in [2.45, 2.75) is 19.1 Å². The number of nitrogens with zero attached hydrogens (tertiary/aromatic N) is 5. The lowest BCUT2D eigenvalue weighted by Crippen LogP contribution is -2.33. The average Bonchev–Trinajstić information content (AvgIpc) is 3.31. The van der Waals surface area contributed by atoms with Gasteiger partial charge in [0.2, 0.25) is 0 Å². The van der Waals surface area contributed by atoms with Gasteiger partial charge >= 0.3 is 6.03 Å². The van der Waals surface area contributed by atoms with E-state index in [1.54, 1.807) is 24.2 Å². The Morgan fingerprint density at radius 2 is 2.17 bits per heavy atom. The largest absolute Gasteiger partial charge is 0.391 e. The number of carbonyl (C=O) groups excluding carboxylic acids is 1. The monoisotopic (exact) mass is 438 g/mol. The van der Waals surface area contributed by atoms with Crippen LogP contribution in [0.15, 0.2) is 36.7 Å². The van der Waals surface area contributed by atoms with Gasteiger partial charge in [-0.25, -0.2) is 23.1 Å². The Balaban J connectivity index is 0.00000256. The quantitative estimate of drug-likeness (QED) is 0.654. The third-order valence-corrected chi connectivity index (χ3v) is 4.85. The molecule has 11 heteroatoms. The van der Waals surface area contributed by atoms with Gasteiger partial charge in [0.1, 0.15) is 23.1 Å². The first kappa shape index (κ1) is 21.7. The number of likely N-dealkylation sites (tertiary alicyclic amines) is 1. The number of aliphatic hydroxyl groups is 1. The highest BCUT2D eigenvalue weighted by molar-refractivity contribution is 5.93. The Morgan fingerprint density at radius 1 is 1.37 bits per heavy atom. The molecule has 0 radical (unpaired) electrons. The summed E-state index contributed by atoms with van der Waals surface area (Å²) in [6.45, 7) is 0.882. The third-order valence-electron chi connectivity index (χ3n) is 4.85. The van der Waals surface area contributed by atoms with Crippen molar-refractivity contribution in [2.24, 2.45) is 0 Å². The van der Waals surface area contributed by atoms with Gasteiger partial charge in [-0.15, -0.1) is 12.4 Å². The summed E-state index contributed by atoms with van der Waals surface area (Å²) in [7, 11) is 1.71. The van der Waals surface area contributed by atoms with E-state index in [1.165, 1.54) is 15.6 Å². The summed E-state index contributed by atoms with van der Waals surface area (Å²) in [6.07, 6.45) is 3.20. The molecule has 0 bridgehead atoms. The van der Waals surface area contributed by atoms with Crippen molar-refractivity contribution in [1.29, 1.82) is 0 Å². The normalized spacial score (nSPS) is 15.9. The number of fused-ring (bicyclic) bond motifs is 1. The maximum Gasteiger partial charge on any atom is 0.322 e. The second kappa shape index (κ2) is 8.80. The van der Waals surface area contributed by atoms with Gasteiger partial charge in [0, 0.05) is 38.4 Å². The van der Waals surface area contributed by atoms with Crippen LogP contribution in [0.5, 0.6) is 0 Å². The molecule has 1 aliphatic rings. The molecule has 4 rings (SSSR count). The Kier molecular flexibility index (Phi) is 6.37. The van der Waals surface area contributed by atoms with Gasteiger partial charge in [-0.2, -0.15) is 5.10 Å². The molecule has 160 valence electrons. The smallest absolute Gasteiger partial charge is 0.322 e. The molecule has 1 aliphatic heterocycles. The van der Waals surface area contributed by atoms with Gasteiger partial charge in [-0.05, 0) is 30.7 Å². The van der Waals surface area contributed by atoms with E-state index < -0.39 is 17.7 Å². The number of hydrogen-bond donors (Lipinski definition) is 2. The standard InChI is InChI=1S/C19H20F2N6O2.ClH/c1-25(10-12-8-13(20)2-3-15(12)21)17-5-7-27-18(24-17)16(9-22-27)23-19(29)26-6-4-14(28)11-26;/h2-3,5,7-9,14,28H,4,6,10-11H2,1H3,(H,23,29);1H/t14-;/m0./s1. The molecule has 0 aliphatic carbocycles. The van der Waals surface area contributed by atoms with E-state index in [9.17, 15) is 18.7 Å². The molecule has 1 saturated heterocycles. The van der Waals surface area contributed by atoms with E-state index in [2.05, 4.69) is 15.4 Å². The van der Waals surface area contributed by atoms with Crippen LogP contribution >= 0.6 is 12.4 Å². The number of hydrogen-bond acceptors (Lipinski definition) is 5. The first-order chi connectivity index (χ1) is 13.9. The summed E-state index contributed by atoms with van der Waals surface area (Å²) in [5, 5.41) is 16.5. The SMILES string of the molecule is CN(Cc1cc(F)ccc1F)c1ccn2ncc(NC(=O)N3CC[C@H](O)C3)c2n1.Cl. The van der Waals surface area contributed by atoms with E-state index in [1.807, 2.05) is 0 Å². The molecule has 2 N–H and O–H groups in total. The molecule has 8 nitrogen and oxygen atoms in total. The van der Waals surface area contributed by atoms with E-state index >= 15 is 0 Å². The maximum atomic E-state index is 13.9. The lowest BCUT2D eigenvalue weighted by atomic mass is 10.2. The highest BCUT2D eigenvalue weighted by atomic mass is 35.5. The van der Waals surface area contributed by atoms with E-state index in [0.29, 0.717) is 30.1 Å². The van der Waals surface area contributed by atoms with Crippen LogP contribution in [0.1, 0.15) is 12.0 Å². The summed E-state index contributed by atoms with van der Waals surface area (Å²) >= 11 is 0. The highest BCUT2D eigenvalue weighted by Crippen LogP contribution is 2.21. The van der Waals surface area contributed by atoms with E-state index in [-0.39, 0.29) is 37.1 Å². The fourth-order valence-corrected chi connectivity index (χ4v) is 3.28. The van der Waals surface area contributed by atoms with Crippen LogP contribution in [0.2, 0.25) is 0 Å². The molecule has 1 aromatic carbocycles. The van der Waals surface area contributed by atoms with Gasteiger partial charge in [0.05, 0.1) is 12.3 Å². The molecule has 30 heavy (non-hydrogen) atoms. The second-order valence-electron chi connectivity index (χ2n) is 7.02. The summed E-state index contributed by atoms with van der Waals surface area (Å²) < 4.78 is 28.9. The summed E-state index contributed by atoms with van der Waals surface area (Å²) in [4.78, 5) is 20.1. The highest BCUT2D eigenvalue weighted by Gasteiger charge is 2.25. The number of amides is 2. The van der Waals surface area contributed by atoms with Crippen LogP contribution in [0, 0.1) is 11.6 Å². The Labute approximate surface area is 177 Å². The molecule has 0 unspecified atom stereocenters. The minimum Gasteiger partial charge on any atom is -0.391 e. The number of benzene rings is 1. The second-order valence-corrected chi connectivity index (χ2v) is 7.02. The summed E-state index contributed by atoms with van der Waals surface area (Å²) in [5.74, 6) is -0.496. The third kappa shape index (κ3) is 4.44. The molecule has 1 atom stereocenters. The van der Waals surface area contributed by atoms with Crippen molar-refractivity contribution >= 4 is 35.6 Å². The van der Waals surface area contributed by atoms with Crippen molar-refractivity contribution in [2.75, 3.05) is 30.4 Å². The number of aliphatic hydroxyl groups excluding tert-OH is 1. The Morgan fingerprint density at radius 3 is 2.90 bits per heavy atom. The van der Waals surface area contributed by atoms with E-state index in [4.69, 9.17) is 0 Å². The van der Waals surface area contributed by atoms with E-state index in [0.717, 1.165) is 18.2 Å². The van der Waals surface area contributed by atoms with Crippen LogP contribution in [-0.2, 0) is 6.54 Å². The molecule has 0 saturated carbocycles. The van der Waals surface area contributed by atoms with Crippen molar-refractivity contribution < 1.29 is 18.7 Å². The van der Waals surface area contributed by atoms with Crippen LogP contribution in [0.25, 0.3) is 5.65 Å². The number of anilines is 2. The van der Waals surface area contributed by atoms with Crippen molar-refractivity contribution in [3.05, 3.63) is 53.9 Å². The van der Waals surface area contributed by atoms with Crippen molar-refractivity contribution in [3.8, 4) is 0 Å². The Bertz CT molecular complexity index is 1060. The fraction of sp³-hybridized carbons (Fsp3) is 0.316. The van der Waals surface area contributed by atoms with Crippen LogP contribution in [0.3, 0.4) is 0 Å². The van der Waals surface area contributed by atoms with Gasteiger partial charge < -0.3 is 20.2 Å². The number of rotatable bonds is 4. The molecule has 0 spiro atoms. The number of β-amino-alcohol motifs (C(OH)–C–C–N with tert-alkyl or cyclic N) is 1. The number of halogens is 3. The van der Waals surface area contributed by atoms with Gasteiger partial charge in [0.15, 0.2) is 5.65 Å². The maximum absolute atomic E-state index is 13.9. The number of carbonyl (C=O) groups is 1. The molecule has 2 aromatic heterocycles. The molecule has 1 fully saturated rings. The number of nitrogens with one attached hydrogen (secondary N) is 1. The molecular formula is C19H21ClF2N6O2. The molecular weight excluding hydrogens is 418 g/mol. The molecule has 3 heterocycles. The average molecular weight is 439 g/mol. The molecule has 2 amide bonds. The predicted octanol–water partition coefficient (Wildman–Crippen LogP) is 2.66. The van der Waals surface area contributed by atoms with Crippen molar-refractivity contribution in [1.82, 2.24) is 19.5 Å². The summed E-state index contributed by atoms with van der Waals surface area (Å²) in [6, 6.07) is 4.68. The fourth-order valence-electron chi connectivity index (χ4n) is 3.28. The minimum atomic E-state index is -0.508. The molecule has 3 aromatic rings. The lowest BCUT2D eigenvalue weighted by Gasteiger charge is -2.19. The Hall–Kier alpha value is -2.98. The van der Waals surface area contributed by atoms with Gasteiger partial charge in [0.25, 0.3) is 0 Å². The van der Waals surface area contributed by atoms with Gasteiger partial charge in [-0.3, -0.25) is 0 Å². The van der Waals surface area contributed by atoms with Crippen LogP contribution < -0.4 is 10.2 Å². The first-order valence-electron chi connectivity index (χ1n) is 9.14.